The molecule has 0 bridgehead atoms. The van der Waals surface area contributed by atoms with Crippen LogP contribution in [0.1, 0.15) is 5.56 Å². The maximum absolute atomic E-state index is 2.49. The Labute approximate surface area is 190 Å². The summed E-state index contributed by atoms with van der Waals surface area (Å²) in [6.45, 7) is 2.27. The van der Waals surface area contributed by atoms with Gasteiger partial charge in [-0.05, 0) is 41.5 Å². The molecule has 0 N–H and O–H groups in total. The van der Waals surface area contributed by atoms with E-state index >= 15 is 0 Å². The normalized spacial score (nSPS) is 12.5. The fourth-order valence-corrected chi connectivity index (χ4v) is 6.37. The van der Waals surface area contributed by atoms with E-state index in [4.69, 9.17) is 0 Å². The number of para-hydroxylation sites is 2. The molecule has 3 aromatic heterocycles. The van der Waals surface area contributed by atoms with Crippen LogP contribution in [0, 0.1) is 6.92 Å². The zero-order chi connectivity index (χ0) is 21.8. The first-order valence-electron chi connectivity index (χ1n) is 11.5. The summed E-state index contributed by atoms with van der Waals surface area (Å²) >= 11 is 0. The Morgan fingerprint density at radius 1 is 0.576 bits per heavy atom. The standard InChI is InChI=1S/C31H21N2/c1-18-17-26-28(24-13-7-12-23-20-10-5-6-15-25(20)33(26)30(23)24)29-21-11-4-3-9-19(21)22-14-8-16-32(2)31(22)27(18)29/h3-17H,1-2H3/q+1. The van der Waals surface area contributed by atoms with Crippen molar-refractivity contribution in [1.29, 1.82) is 0 Å². The van der Waals surface area contributed by atoms with E-state index < -0.39 is 0 Å². The van der Waals surface area contributed by atoms with Gasteiger partial charge in [0.25, 0.3) is 0 Å². The number of benzene rings is 5. The fraction of sp³-hybridized carbons (Fsp3) is 0.0645. The highest BCUT2D eigenvalue weighted by atomic mass is 14.9. The van der Waals surface area contributed by atoms with Gasteiger partial charge in [0.05, 0.1) is 27.3 Å². The third-order valence-electron chi connectivity index (χ3n) is 7.61. The van der Waals surface area contributed by atoms with Crippen LogP contribution in [0.3, 0.4) is 0 Å². The molecule has 0 spiro atoms. The largest absolute Gasteiger partial charge is 0.308 e. The summed E-state index contributed by atoms with van der Waals surface area (Å²) in [5.41, 5.74) is 6.55. The molecule has 0 aliphatic rings. The third kappa shape index (κ3) is 1.94. The molecule has 0 unspecified atom stereocenters. The predicted molar refractivity (Wildman–Crippen MR) is 140 cm³/mol. The van der Waals surface area contributed by atoms with Crippen LogP contribution in [0.25, 0.3) is 70.5 Å². The zero-order valence-corrected chi connectivity index (χ0v) is 18.6. The number of hydrogen-bond acceptors (Lipinski definition) is 0. The number of rotatable bonds is 0. The Morgan fingerprint density at radius 2 is 1.27 bits per heavy atom. The van der Waals surface area contributed by atoms with Crippen molar-refractivity contribution >= 4 is 70.5 Å². The minimum Gasteiger partial charge on any atom is -0.308 e. The Balaban J connectivity index is 1.82. The maximum atomic E-state index is 2.49. The van der Waals surface area contributed by atoms with Gasteiger partial charge in [0, 0.05) is 33.0 Å². The number of aryl methyl sites for hydroxylation is 2. The van der Waals surface area contributed by atoms with Gasteiger partial charge in [-0.1, -0.05) is 60.7 Å². The molecule has 0 radical (unpaired) electrons. The molecule has 0 amide bonds. The highest BCUT2D eigenvalue weighted by Crippen LogP contribution is 2.45. The lowest BCUT2D eigenvalue weighted by Crippen LogP contribution is -2.28. The van der Waals surface area contributed by atoms with Gasteiger partial charge in [-0.15, -0.1) is 0 Å². The first-order chi connectivity index (χ1) is 16.2. The zero-order valence-electron chi connectivity index (χ0n) is 18.6. The van der Waals surface area contributed by atoms with Crippen LogP contribution in [0.5, 0.6) is 0 Å². The molecule has 2 nitrogen and oxygen atoms in total. The number of aromatic nitrogens is 2. The molecule has 154 valence electrons. The molecular formula is C31H21N2+. The quantitative estimate of drug-likeness (QED) is 0.178. The average molecular weight is 422 g/mol. The highest BCUT2D eigenvalue weighted by Gasteiger charge is 2.24. The van der Waals surface area contributed by atoms with Crippen LogP contribution < -0.4 is 4.57 Å². The second kappa shape index (κ2) is 5.79. The van der Waals surface area contributed by atoms with Gasteiger partial charge < -0.3 is 4.40 Å². The number of nitrogens with zero attached hydrogens (tertiary/aromatic N) is 2. The SMILES string of the molecule is Cc1cc2c(c3cccc4c5ccccc5n2c43)c2c3ccccc3c3ccc[n+](C)c3c12. The van der Waals surface area contributed by atoms with Crippen molar-refractivity contribution in [2.75, 3.05) is 0 Å². The van der Waals surface area contributed by atoms with Crippen molar-refractivity contribution in [3.05, 3.63) is 96.7 Å². The molecule has 0 saturated carbocycles. The molecular weight excluding hydrogens is 400 g/mol. The molecule has 0 fully saturated rings. The first kappa shape index (κ1) is 17.4. The van der Waals surface area contributed by atoms with Crippen LogP contribution in [0.15, 0.2) is 91.1 Å². The van der Waals surface area contributed by atoms with Gasteiger partial charge in [0.2, 0.25) is 5.52 Å². The molecule has 0 atom stereocenters. The Morgan fingerprint density at radius 3 is 2.15 bits per heavy atom. The lowest BCUT2D eigenvalue weighted by molar-refractivity contribution is -0.644. The lowest BCUT2D eigenvalue weighted by Gasteiger charge is -2.12. The summed E-state index contributed by atoms with van der Waals surface area (Å²) in [7, 11) is 2.17. The summed E-state index contributed by atoms with van der Waals surface area (Å²) in [5.74, 6) is 0. The van der Waals surface area contributed by atoms with E-state index in [0.717, 1.165) is 0 Å². The van der Waals surface area contributed by atoms with Crippen LogP contribution in [-0.4, -0.2) is 4.40 Å². The van der Waals surface area contributed by atoms with E-state index in [2.05, 4.69) is 114 Å². The summed E-state index contributed by atoms with van der Waals surface area (Å²) in [5, 5.41) is 12.1. The average Bonchev–Trinajstić information content (AvgIpc) is 3.36. The highest BCUT2D eigenvalue weighted by molar-refractivity contribution is 6.37. The number of hydrogen-bond donors (Lipinski definition) is 0. The van der Waals surface area contributed by atoms with E-state index in [1.165, 1.54) is 76.1 Å². The third-order valence-corrected chi connectivity index (χ3v) is 7.61. The lowest BCUT2D eigenvalue weighted by atomic mass is 9.91. The van der Waals surface area contributed by atoms with Crippen molar-refractivity contribution in [3.8, 4) is 0 Å². The Kier molecular flexibility index (Phi) is 3.05. The van der Waals surface area contributed by atoms with E-state index in [1.807, 2.05) is 0 Å². The van der Waals surface area contributed by atoms with Crippen molar-refractivity contribution in [2.24, 2.45) is 7.05 Å². The van der Waals surface area contributed by atoms with Crippen LogP contribution in [-0.2, 0) is 7.05 Å². The van der Waals surface area contributed by atoms with Gasteiger partial charge in [-0.2, -0.15) is 0 Å². The number of pyridine rings is 1. The Hall–Kier alpha value is -4.17. The van der Waals surface area contributed by atoms with Gasteiger partial charge >= 0.3 is 0 Å². The van der Waals surface area contributed by atoms with Gasteiger partial charge in [-0.25, -0.2) is 4.57 Å². The molecule has 2 heteroatoms. The predicted octanol–water partition coefficient (Wildman–Crippen LogP) is 7.43. The molecule has 3 heterocycles. The first-order valence-corrected chi connectivity index (χ1v) is 11.5. The van der Waals surface area contributed by atoms with Crippen molar-refractivity contribution in [1.82, 2.24) is 4.40 Å². The van der Waals surface area contributed by atoms with E-state index in [9.17, 15) is 0 Å². The molecule has 5 aromatic carbocycles. The number of fused-ring (bicyclic) bond motifs is 13. The van der Waals surface area contributed by atoms with Gasteiger partial charge in [-0.3, -0.25) is 0 Å². The fourth-order valence-electron chi connectivity index (χ4n) is 6.37. The topological polar surface area (TPSA) is 8.29 Å². The van der Waals surface area contributed by atoms with Crippen LogP contribution in [0.4, 0.5) is 0 Å². The summed E-state index contributed by atoms with van der Waals surface area (Å²) in [6, 6.07) is 31.3. The molecule has 0 aliphatic carbocycles. The van der Waals surface area contributed by atoms with Crippen molar-refractivity contribution < 1.29 is 4.57 Å². The van der Waals surface area contributed by atoms with Gasteiger partial charge in [0.1, 0.15) is 7.05 Å². The van der Waals surface area contributed by atoms with Crippen molar-refractivity contribution in [2.45, 2.75) is 6.92 Å². The van der Waals surface area contributed by atoms with Crippen molar-refractivity contribution in [3.63, 3.8) is 0 Å². The summed E-state index contributed by atoms with van der Waals surface area (Å²) < 4.78 is 4.78. The molecule has 8 rings (SSSR count). The molecule has 0 aliphatic heterocycles. The molecule has 0 saturated heterocycles. The van der Waals surface area contributed by atoms with Gasteiger partial charge in [0.15, 0.2) is 6.20 Å². The molecule has 33 heavy (non-hydrogen) atoms. The monoisotopic (exact) mass is 421 g/mol. The second-order valence-corrected chi connectivity index (χ2v) is 9.32. The van der Waals surface area contributed by atoms with Crippen LogP contribution in [0.2, 0.25) is 0 Å². The molecule has 8 aromatic rings. The minimum atomic E-state index is 1.29. The minimum absolute atomic E-state index is 1.29. The summed E-state index contributed by atoms with van der Waals surface area (Å²) in [4.78, 5) is 0. The van der Waals surface area contributed by atoms with E-state index in [-0.39, 0.29) is 0 Å². The Bertz CT molecular complexity index is 2090. The van der Waals surface area contributed by atoms with E-state index in [1.54, 1.807) is 0 Å². The van der Waals surface area contributed by atoms with E-state index in [0.29, 0.717) is 0 Å². The van der Waals surface area contributed by atoms with Crippen LogP contribution >= 0.6 is 0 Å². The maximum Gasteiger partial charge on any atom is 0.221 e. The smallest absolute Gasteiger partial charge is 0.221 e. The second-order valence-electron chi connectivity index (χ2n) is 9.32. The summed E-state index contributed by atoms with van der Waals surface area (Å²) in [6.07, 6.45) is 2.17.